The van der Waals surface area contributed by atoms with E-state index in [-0.39, 0.29) is 30.4 Å². The van der Waals surface area contributed by atoms with E-state index in [1.54, 1.807) is 40.7 Å². The number of amides is 1. The van der Waals surface area contributed by atoms with Gasteiger partial charge in [0.1, 0.15) is 23.8 Å². The van der Waals surface area contributed by atoms with Gasteiger partial charge >= 0.3 is 12.1 Å². The maximum atomic E-state index is 14.4. The standard InChI is InChI=1S/C20H28FNO5/c1-6-25-18(23)14-7-13-8-15(10-17(21)16(13)9-14)26-11-12(2)22-19(24)27-20(3,4)5/h8,10,12,14H,6-7,9,11H2,1-5H3,(H,22,24). The Morgan fingerprint density at radius 1 is 1.30 bits per heavy atom. The summed E-state index contributed by atoms with van der Waals surface area (Å²) < 4.78 is 30.2. The highest BCUT2D eigenvalue weighted by molar-refractivity contribution is 5.74. The van der Waals surface area contributed by atoms with Crippen molar-refractivity contribution in [3.63, 3.8) is 0 Å². The predicted molar refractivity (Wildman–Crippen MR) is 98.3 cm³/mol. The molecule has 0 bridgehead atoms. The van der Waals surface area contributed by atoms with E-state index in [0.29, 0.717) is 30.8 Å². The molecule has 1 aliphatic rings. The highest BCUT2D eigenvalue weighted by Crippen LogP contribution is 2.33. The van der Waals surface area contributed by atoms with Crippen LogP contribution in [0.15, 0.2) is 12.1 Å². The fourth-order valence-corrected chi connectivity index (χ4v) is 2.94. The number of rotatable bonds is 6. The van der Waals surface area contributed by atoms with Crippen molar-refractivity contribution in [2.45, 2.75) is 59.1 Å². The number of ether oxygens (including phenoxy) is 3. The van der Waals surface area contributed by atoms with Gasteiger partial charge in [0.25, 0.3) is 0 Å². The molecule has 0 aromatic heterocycles. The van der Waals surface area contributed by atoms with Crippen molar-refractivity contribution in [3.05, 3.63) is 29.1 Å². The number of hydrogen-bond donors (Lipinski definition) is 1. The average molecular weight is 381 g/mol. The molecule has 0 aliphatic heterocycles. The van der Waals surface area contributed by atoms with Crippen LogP contribution in [0.2, 0.25) is 0 Å². The van der Waals surface area contributed by atoms with E-state index < -0.39 is 11.7 Å². The number of carbonyl (C=O) groups excluding carboxylic acids is 2. The topological polar surface area (TPSA) is 73.9 Å². The van der Waals surface area contributed by atoms with E-state index in [0.717, 1.165) is 5.56 Å². The minimum absolute atomic E-state index is 0.165. The van der Waals surface area contributed by atoms with E-state index in [1.165, 1.54) is 6.07 Å². The lowest BCUT2D eigenvalue weighted by Gasteiger charge is -2.22. The van der Waals surface area contributed by atoms with E-state index >= 15 is 0 Å². The first kappa shape index (κ1) is 21.0. The summed E-state index contributed by atoms with van der Waals surface area (Å²) in [5.74, 6) is -0.668. The molecule has 1 N–H and O–H groups in total. The number of nitrogens with one attached hydrogen (secondary N) is 1. The molecule has 1 amide bonds. The summed E-state index contributed by atoms with van der Waals surface area (Å²) in [6.07, 6.45) is 0.251. The van der Waals surface area contributed by atoms with Crippen LogP contribution < -0.4 is 10.1 Å². The second-order valence-electron chi connectivity index (χ2n) is 7.76. The summed E-state index contributed by atoms with van der Waals surface area (Å²) in [6, 6.07) is 2.74. The van der Waals surface area contributed by atoms with Crippen molar-refractivity contribution in [3.8, 4) is 5.75 Å². The Morgan fingerprint density at radius 3 is 2.63 bits per heavy atom. The Hall–Kier alpha value is -2.31. The molecule has 2 unspecified atom stereocenters. The van der Waals surface area contributed by atoms with Crippen molar-refractivity contribution in [2.24, 2.45) is 5.92 Å². The lowest BCUT2D eigenvalue weighted by molar-refractivity contribution is -0.147. The SMILES string of the molecule is CCOC(=O)C1Cc2cc(OCC(C)NC(=O)OC(C)(C)C)cc(F)c2C1. The number of carbonyl (C=O) groups is 2. The van der Waals surface area contributed by atoms with Gasteiger partial charge in [-0.1, -0.05) is 0 Å². The molecule has 0 radical (unpaired) electrons. The van der Waals surface area contributed by atoms with Crippen LogP contribution in [0.1, 0.15) is 45.7 Å². The minimum atomic E-state index is -0.580. The van der Waals surface area contributed by atoms with Gasteiger partial charge in [0.05, 0.1) is 18.6 Å². The summed E-state index contributed by atoms with van der Waals surface area (Å²) in [7, 11) is 0. The Morgan fingerprint density at radius 2 is 2.00 bits per heavy atom. The molecule has 1 aromatic carbocycles. The number of hydrogen-bond acceptors (Lipinski definition) is 5. The highest BCUT2D eigenvalue weighted by atomic mass is 19.1. The zero-order valence-electron chi connectivity index (χ0n) is 16.6. The first-order valence-electron chi connectivity index (χ1n) is 9.19. The molecule has 7 heteroatoms. The van der Waals surface area contributed by atoms with Crippen LogP contribution in [0.25, 0.3) is 0 Å². The van der Waals surface area contributed by atoms with Crippen molar-refractivity contribution >= 4 is 12.1 Å². The van der Waals surface area contributed by atoms with Crippen LogP contribution in [-0.4, -0.2) is 36.9 Å². The number of esters is 1. The molecule has 6 nitrogen and oxygen atoms in total. The second kappa shape index (κ2) is 8.59. The monoisotopic (exact) mass is 381 g/mol. The van der Waals surface area contributed by atoms with Gasteiger partial charge in [-0.3, -0.25) is 4.79 Å². The molecule has 2 atom stereocenters. The molecule has 1 aromatic rings. The molecule has 2 rings (SSSR count). The van der Waals surface area contributed by atoms with Gasteiger partial charge in [0.15, 0.2) is 0 Å². The normalized spacial score (nSPS) is 17.0. The van der Waals surface area contributed by atoms with E-state index in [9.17, 15) is 14.0 Å². The largest absolute Gasteiger partial charge is 0.491 e. The Balaban J connectivity index is 1.92. The average Bonchev–Trinajstić information content (AvgIpc) is 2.96. The van der Waals surface area contributed by atoms with E-state index in [4.69, 9.17) is 14.2 Å². The van der Waals surface area contributed by atoms with E-state index in [2.05, 4.69) is 5.32 Å². The Labute approximate surface area is 159 Å². The molecule has 150 valence electrons. The maximum Gasteiger partial charge on any atom is 0.407 e. The molecule has 0 heterocycles. The summed E-state index contributed by atoms with van der Waals surface area (Å²) >= 11 is 0. The molecular formula is C20H28FNO5. The smallest absolute Gasteiger partial charge is 0.407 e. The van der Waals surface area contributed by atoms with Gasteiger partial charge in [-0.05, 0) is 64.7 Å². The third kappa shape index (κ3) is 6.12. The van der Waals surface area contributed by atoms with Crippen molar-refractivity contribution in [2.75, 3.05) is 13.2 Å². The third-order valence-corrected chi connectivity index (χ3v) is 4.06. The summed E-state index contributed by atoms with van der Waals surface area (Å²) in [5, 5.41) is 2.67. The van der Waals surface area contributed by atoms with Gasteiger partial charge in [-0.2, -0.15) is 0 Å². The minimum Gasteiger partial charge on any atom is -0.491 e. The zero-order chi connectivity index (χ0) is 20.2. The molecular weight excluding hydrogens is 353 g/mol. The Kier molecular flexibility index (Phi) is 6.68. The predicted octanol–water partition coefficient (Wildman–Crippen LogP) is 3.40. The fraction of sp³-hybridized carbons (Fsp3) is 0.600. The number of halogens is 1. The molecule has 0 saturated heterocycles. The molecule has 0 fully saturated rings. The van der Waals surface area contributed by atoms with Crippen molar-refractivity contribution in [1.29, 1.82) is 0 Å². The fourth-order valence-electron chi connectivity index (χ4n) is 2.94. The first-order chi connectivity index (χ1) is 12.6. The molecule has 27 heavy (non-hydrogen) atoms. The molecule has 0 saturated carbocycles. The van der Waals surface area contributed by atoms with Gasteiger partial charge in [-0.25, -0.2) is 9.18 Å². The highest BCUT2D eigenvalue weighted by Gasteiger charge is 2.31. The summed E-state index contributed by atoms with van der Waals surface area (Å²) in [5.41, 5.74) is 0.722. The molecule has 0 spiro atoms. The maximum absolute atomic E-state index is 14.4. The zero-order valence-corrected chi connectivity index (χ0v) is 16.6. The summed E-state index contributed by atoms with van der Waals surface area (Å²) in [4.78, 5) is 23.6. The van der Waals surface area contributed by atoms with Gasteiger partial charge in [0.2, 0.25) is 0 Å². The first-order valence-corrected chi connectivity index (χ1v) is 9.19. The number of fused-ring (bicyclic) bond motifs is 1. The third-order valence-electron chi connectivity index (χ3n) is 4.06. The van der Waals surface area contributed by atoms with Gasteiger partial charge in [-0.15, -0.1) is 0 Å². The quantitative estimate of drug-likeness (QED) is 0.765. The molecule has 1 aliphatic carbocycles. The lowest BCUT2D eigenvalue weighted by atomic mass is 10.1. The van der Waals surface area contributed by atoms with Crippen molar-refractivity contribution in [1.82, 2.24) is 5.32 Å². The number of benzene rings is 1. The summed E-state index contributed by atoms with van der Waals surface area (Å²) in [6.45, 7) is 9.34. The van der Waals surface area contributed by atoms with Crippen LogP contribution >= 0.6 is 0 Å². The lowest BCUT2D eigenvalue weighted by Crippen LogP contribution is -2.40. The van der Waals surface area contributed by atoms with Crippen molar-refractivity contribution < 1.29 is 28.2 Å². The van der Waals surface area contributed by atoms with E-state index in [1.807, 2.05) is 0 Å². The van der Waals surface area contributed by atoms with Crippen LogP contribution in [0.4, 0.5) is 9.18 Å². The van der Waals surface area contributed by atoms with Crippen LogP contribution in [0, 0.1) is 11.7 Å². The van der Waals surface area contributed by atoms with Crippen LogP contribution in [0.5, 0.6) is 5.75 Å². The van der Waals surface area contributed by atoms with Gasteiger partial charge in [0, 0.05) is 6.07 Å². The second-order valence-corrected chi connectivity index (χ2v) is 7.76. The van der Waals surface area contributed by atoms with Crippen LogP contribution in [-0.2, 0) is 27.1 Å². The Bertz CT molecular complexity index is 698. The van der Waals surface area contributed by atoms with Crippen LogP contribution in [0.3, 0.4) is 0 Å². The van der Waals surface area contributed by atoms with Gasteiger partial charge < -0.3 is 19.5 Å². The number of alkyl carbamates (subject to hydrolysis) is 1.